The molecule has 0 saturated carbocycles. The van der Waals surface area contributed by atoms with Crippen molar-refractivity contribution in [1.29, 1.82) is 0 Å². The van der Waals surface area contributed by atoms with Gasteiger partial charge in [-0.15, -0.1) is 5.10 Å². The van der Waals surface area contributed by atoms with E-state index in [2.05, 4.69) is 39.6 Å². The minimum absolute atomic E-state index is 0.135. The smallest absolute Gasteiger partial charge is 0.316 e. The second-order valence-electron chi connectivity index (χ2n) is 6.27. The highest BCUT2D eigenvalue weighted by molar-refractivity contribution is 7.99. The molecule has 0 amide bonds. The zero-order valence-electron chi connectivity index (χ0n) is 16.1. The molecule has 0 aliphatic carbocycles. The lowest BCUT2D eigenvalue weighted by molar-refractivity contribution is -0.137. The van der Waals surface area contributed by atoms with Crippen LogP contribution in [0.25, 0.3) is 5.95 Å². The Hall–Kier alpha value is -2.51. The van der Waals surface area contributed by atoms with Crippen LogP contribution in [0.1, 0.15) is 0 Å². The summed E-state index contributed by atoms with van der Waals surface area (Å²) in [5.41, 5.74) is 0. The van der Waals surface area contributed by atoms with Crippen LogP contribution < -0.4 is 9.80 Å². The van der Waals surface area contributed by atoms with Gasteiger partial charge < -0.3 is 24.0 Å². The maximum absolute atomic E-state index is 11.3. The van der Waals surface area contributed by atoms with Crippen LogP contribution in [-0.4, -0.2) is 101 Å². The van der Waals surface area contributed by atoms with Gasteiger partial charge in [-0.25, -0.2) is 4.98 Å². The van der Waals surface area contributed by atoms with Crippen molar-refractivity contribution in [2.75, 3.05) is 75.3 Å². The van der Waals surface area contributed by atoms with E-state index in [-0.39, 0.29) is 11.7 Å². The predicted octanol–water partition coefficient (Wildman–Crippen LogP) is -0.609. The molecule has 0 aromatic carbocycles. The zero-order chi connectivity index (χ0) is 20.1. The SMILES string of the molecule is COC(=O)CSc1ncn(-c2nc(N3CCOCC3)nc(N3CCOCC3)n2)n1. The Morgan fingerprint density at radius 1 is 1.00 bits per heavy atom. The maximum atomic E-state index is 11.3. The lowest BCUT2D eigenvalue weighted by atomic mass is 10.4. The first-order valence-electron chi connectivity index (χ1n) is 9.26. The highest BCUT2D eigenvalue weighted by atomic mass is 32.2. The van der Waals surface area contributed by atoms with Gasteiger partial charge >= 0.3 is 5.97 Å². The van der Waals surface area contributed by atoms with Crippen LogP contribution in [0.15, 0.2) is 11.5 Å². The van der Waals surface area contributed by atoms with Crippen molar-refractivity contribution in [3.8, 4) is 5.95 Å². The molecule has 13 heteroatoms. The summed E-state index contributed by atoms with van der Waals surface area (Å²) in [6.07, 6.45) is 1.53. The molecule has 29 heavy (non-hydrogen) atoms. The minimum Gasteiger partial charge on any atom is -0.468 e. The van der Waals surface area contributed by atoms with Crippen molar-refractivity contribution in [3.63, 3.8) is 0 Å². The summed E-state index contributed by atoms with van der Waals surface area (Å²) in [5, 5.41) is 4.82. The third-order valence-corrected chi connectivity index (χ3v) is 5.24. The van der Waals surface area contributed by atoms with Gasteiger partial charge in [0.25, 0.3) is 5.95 Å². The molecule has 2 aliphatic rings. The number of esters is 1. The van der Waals surface area contributed by atoms with Gasteiger partial charge in [-0.05, 0) is 0 Å². The summed E-state index contributed by atoms with van der Waals surface area (Å²) in [6, 6.07) is 0. The summed E-state index contributed by atoms with van der Waals surface area (Å²) in [6.45, 7) is 5.37. The monoisotopic (exact) mass is 422 g/mol. The summed E-state index contributed by atoms with van der Waals surface area (Å²) in [5.74, 6) is 1.34. The van der Waals surface area contributed by atoms with E-state index in [1.165, 1.54) is 29.9 Å². The number of carbonyl (C=O) groups excluding carboxylic acids is 1. The fourth-order valence-corrected chi connectivity index (χ4v) is 3.48. The predicted molar refractivity (Wildman–Crippen MR) is 104 cm³/mol. The normalized spacial score (nSPS) is 17.4. The summed E-state index contributed by atoms with van der Waals surface area (Å²) < 4.78 is 17.0. The van der Waals surface area contributed by atoms with E-state index in [4.69, 9.17) is 9.47 Å². The Kier molecular flexibility index (Phi) is 6.36. The molecule has 2 aromatic heterocycles. The van der Waals surface area contributed by atoms with E-state index in [9.17, 15) is 4.79 Å². The first kappa shape index (κ1) is 19.8. The van der Waals surface area contributed by atoms with E-state index < -0.39 is 0 Å². The van der Waals surface area contributed by atoms with Gasteiger partial charge in [0.15, 0.2) is 0 Å². The maximum Gasteiger partial charge on any atom is 0.316 e. The van der Waals surface area contributed by atoms with Gasteiger partial charge in [-0.3, -0.25) is 4.79 Å². The lowest BCUT2D eigenvalue weighted by Crippen LogP contribution is -2.40. The topological polar surface area (TPSA) is 121 Å². The number of aromatic nitrogens is 6. The second-order valence-corrected chi connectivity index (χ2v) is 7.21. The van der Waals surface area contributed by atoms with Crippen LogP contribution in [0, 0.1) is 0 Å². The van der Waals surface area contributed by atoms with Crippen molar-refractivity contribution in [2.24, 2.45) is 0 Å². The molecule has 12 nitrogen and oxygen atoms in total. The van der Waals surface area contributed by atoms with Gasteiger partial charge in [0.2, 0.25) is 17.1 Å². The van der Waals surface area contributed by atoms with Gasteiger partial charge in [-0.1, -0.05) is 11.8 Å². The summed E-state index contributed by atoms with van der Waals surface area (Å²) in [7, 11) is 1.35. The Morgan fingerprint density at radius 3 is 2.10 bits per heavy atom. The molecule has 156 valence electrons. The number of hydrogen-bond acceptors (Lipinski definition) is 12. The molecular weight excluding hydrogens is 400 g/mol. The average molecular weight is 422 g/mol. The molecule has 2 saturated heterocycles. The third kappa shape index (κ3) is 4.92. The second kappa shape index (κ2) is 9.33. The Bertz CT molecular complexity index is 802. The molecule has 0 spiro atoms. The first-order chi connectivity index (χ1) is 14.2. The van der Waals surface area contributed by atoms with Crippen molar-refractivity contribution >= 4 is 29.6 Å². The minimum atomic E-state index is -0.337. The number of thioether (sulfide) groups is 1. The number of ether oxygens (including phenoxy) is 3. The quantitative estimate of drug-likeness (QED) is 0.436. The molecule has 0 unspecified atom stereocenters. The van der Waals surface area contributed by atoms with Crippen molar-refractivity contribution in [2.45, 2.75) is 5.16 Å². The summed E-state index contributed by atoms with van der Waals surface area (Å²) in [4.78, 5) is 33.6. The molecule has 2 aliphatic heterocycles. The average Bonchev–Trinajstić information content (AvgIpc) is 3.27. The standard InChI is InChI=1S/C16H22N8O4S/c1-26-12(25)10-29-16-17-11-24(21-16)15-19-13(22-2-6-27-7-3-22)18-14(20-15)23-4-8-28-9-5-23/h11H,2-10H2,1H3. The van der Waals surface area contributed by atoms with E-state index >= 15 is 0 Å². The molecule has 4 rings (SSSR count). The van der Waals surface area contributed by atoms with E-state index in [1.807, 2.05) is 0 Å². The number of hydrogen-bond donors (Lipinski definition) is 0. The molecule has 0 bridgehead atoms. The van der Waals surface area contributed by atoms with Crippen LogP contribution >= 0.6 is 11.8 Å². The summed E-state index contributed by atoms with van der Waals surface area (Å²) >= 11 is 1.19. The van der Waals surface area contributed by atoms with Crippen molar-refractivity contribution < 1.29 is 19.0 Å². The van der Waals surface area contributed by atoms with Gasteiger partial charge in [0.1, 0.15) is 6.33 Å². The molecule has 2 fully saturated rings. The van der Waals surface area contributed by atoms with Crippen LogP contribution in [0.3, 0.4) is 0 Å². The van der Waals surface area contributed by atoms with Gasteiger partial charge in [0.05, 0.1) is 39.3 Å². The first-order valence-corrected chi connectivity index (χ1v) is 10.2. The highest BCUT2D eigenvalue weighted by Gasteiger charge is 2.21. The van der Waals surface area contributed by atoms with Crippen LogP contribution in [0.4, 0.5) is 11.9 Å². The number of methoxy groups -OCH3 is 1. The van der Waals surface area contributed by atoms with Crippen molar-refractivity contribution in [1.82, 2.24) is 29.7 Å². The van der Waals surface area contributed by atoms with E-state index in [0.29, 0.717) is 75.6 Å². The largest absolute Gasteiger partial charge is 0.468 e. The van der Waals surface area contributed by atoms with Gasteiger partial charge in [0, 0.05) is 26.2 Å². The molecule has 0 atom stereocenters. The van der Waals surface area contributed by atoms with Crippen LogP contribution in [0.5, 0.6) is 0 Å². The van der Waals surface area contributed by atoms with Gasteiger partial charge in [-0.2, -0.15) is 19.6 Å². The Morgan fingerprint density at radius 2 is 1.55 bits per heavy atom. The number of carbonyl (C=O) groups is 1. The fraction of sp³-hybridized carbons (Fsp3) is 0.625. The third-order valence-electron chi connectivity index (χ3n) is 4.41. The number of rotatable bonds is 6. The molecule has 0 radical (unpaired) electrons. The molecule has 0 N–H and O–H groups in total. The number of morpholine rings is 2. The Labute approximate surface area is 171 Å². The van der Waals surface area contributed by atoms with E-state index in [0.717, 1.165) is 0 Å². The molecule has 2 aromatic rings. The lowest BCUT2D eigenvalue weighted by Gasteiger charge is -2.30. The Balaban J connectivity index is 1.61. The molecule has 4 heterocycles. The highest BCUT2D eigenvalue weighted by Crippen LogP contribution is 2.19. The fourth-order valence-electron chi connectivity index (χ4n) is 2.85. The van der Waals surface area contributed by atoms with Crippen LogP contribution in [0.2, 0.25) is 0 Å². The van der Waals surface area contributed by atoms with Crippen LogP contribution in [-0.2, 0) is 19.0 Å². The number of nitrogens with zero attached hydrogens (tertiary/aromatic N) is 8. The van der Waals surface area contributed by atoms with E-state index in [1.54, 1.807) is 0 Å². The molecular formula is C16H22N8O4S. The number of anilines is 2. The van der Waals surface area contributed by atoms with Crippen molar-refractivity contribution in [3.05, 3.63) is 6.33 Å². The zero-order valence-corrected chi connectivity index (χ0v) is 16.9.